The molecule has 18 heavy (non-hydrogen) atoms. The molecule has 2 aromatic rings. The molecule has 0 fully saturated rings. The molecule has 3 nitrogen and oxygen atoms in total. The fourth-order valence-electron chi connectivity index (χ4n) is 1.93. The summed E-state index contributed by atoms with van der Waals surface area (Å²) < 4.78 is 5.12. The van der Waals surface area contributed by atoms with Crippen molar-refractivity contribution >= 4 is 0 Å². The van der Waals surface area contributed by atoms with Gasteiger partial charge in [-0.15, -0.1) is 0 Å². The van der Waals surface area contributed by atoms with E-state index in [-0.39, 0.29) is 0 Å². The molecule has 0 spiro atoms. The van der Waals surface area contributed by atoms with Crippen LogP contribution in [-0.4, -0.2) is 17.2 Å². The first-order valence-corrected chi connectivity index (χ1v) is 5.86. The highest BCUT2D eigenvalue weighted by molar-refractivity contribution is 5.38. The second kappa shape index (κ2) is 5.19. The van der Waals surface area contributed by atoms with Crippen molar-refractivity contribution in [3.8, 4) is 5.75 Å². The Morgan fingerprint density at radius 3 is 2.67 bits per heavy atom. The molecule has 0 radical (unpaired) electrons. The van der Waals surface area contributed by atoms with Crippen molar-refractivity contribution < 1.29 is 9.84 Å². The summed E-state index contributed by atoms with van der Waals surface area (Å²) >= 11 is 0. The van der Waals surface area contributed by atoms with Crippen LogP contribution in [-0.2, 0) is 0 Å². The molecule has 0 amide bonds. The first kappa shape index (κ1) is 12.6. The number of aliphatic hydroxyl groups excluding tert-OH is 1. The van der Waals surface area contributed by atoms with Crippen LogP contribution in [0.2, 0.25) is 0 Å². The Morgan fingerprint density at radius 2 is 1.94 bits per heavy atom. The lowest BCUT2D eigenvalue weighted by Gasteiger charge is -2.15. The molecule has 0 aliphatic rings. The average molecular weight is 243 g/mol. The highest BCUT2D eigenvalue weighted by Gasteiger charge is 2.14. The zero-order valence-electron chi connectivity index (χ0n) is 10.8. The Balaban J connectivity index is 2.40. The van der Waals surface area contributed by atoms with Crippen LogP contribution in [0.5, 0.6) is 5.75 Å². The molecule has 0 aliphatic heterocycles. The van der Waals surface area contributed by atoms with Crippen molar-refractivity contribution in [1.29, 1.82) is 0 Å². The smallest absolute Gasteiger partial charge is 0.137 e. The number of aromatic nitrogens is 1. The largest absolute Gasteiger partial charge is 0.495 e. The molecular weight excluding hydrogens is 226 g/mol. The summed E-state index contributed by atoms with van der Waals surface area (Å²) in [5.74, 6) is 0.650. The van der Waals surface area contributed by atoms with E-state index in [1.807, 2.05) is 32.0 Å². The van der Waals surface area contributed by atoms with Crippen LogP contribution in [0.1, 0.15) is 28.4 Å². The Labute approximate surface area is 107 Å². The summed E-state index contributed by atoms with van der Waals surface area (Å²) in [5, 5.41) is 10.4. The number of hydrogen-bond acceptors (Lipinski definition) is 3. The van der Waals surface area contributed by atoms with Gasteiger partial charge < -0.3 is 9.84 Å². The molecule has 0 bridgehead atoms. The van der Waals surface area contributed by atoms with Crippen molar-refractivity contribution in [3.63, 3.8) is 0 Å². The first-order chi connectivity index (χ1) is 8.61. The number of ether oxygens (including phenoxy) is 1. The number of benzene rings is 1. The first-order valence-electron chi connectivity index (χ1n) is 5.86. The van der Waals surface area contributed by atoms with Gasteiger partial charge in [0.05, 0.1) is 13.3 Å². The molecule has 2 rings (SSSR count). The predicted octanol–water partition coefficient (Wildman–Crippen LogP) is 2.79. The van der Waals surface area contributed by atoms with E-state index < -0.39 is 6.10 Å². The average Bonchev–Trinajstić information content (AvgIpc) is 2.41. The molecule has 0 saturated carbocycles. The molecular formula is C15H17NO2. The third kappa shape index (κ3) is 2.51. The van der Waals surface area contributed by atoms with Gasteiger partial charge >= 0.3 is 0 Å². The zero-order valence-corrected chi connectivity index (χ0v) is 10.8. The SMILES string of the molecule is COc1cncc(C(O)c2cc(C)ccc2C)c1. The molecule has 1 aromatic carbocycles. The van der Waals surface area contributed by atoms with Gasteiger partial charge in [-0.1, -0.05) is 23.8 Å². The summed E-state index contributed by atoms with van der Waals surface area (Å²) in [5.41, 5.74) is 3.84. The summed E-state index contributed by atoms with van der Waals surface area (Å²) in [7, 11) is 1.59. The third-order valence-electron chi connectivity index (χ3n) is 3.02. The maximum absolute atomic E-state index is 10.4. The summed E-state index contributed by atoms with van der Waals surface area (Å²) in [6.45, 7) is 4.01. The van der Waals surface area contributed by atoms with Gasteiger partial charge in [0, 0.05) is 11.8 Å². The van der Waals surface area contributed by atoms with Crippen LogP contribution >= 0.6 is 0 Å². The normalized spacial score (nSPS) is 12.2. The molecule has 1 N–H and O–H groups in total. The van der Waals surface area contributed by atoms with Crippen molar-refractivity contribution in [2.75, 3.05) is 7.11 Å². The summed E-state index contributed by atoms with van der Waals surface area (Å²) in [6, 6.07) is 7.86. The molecule has 0 aliphatic carbocycles. The molecule has 94 valence electrons. The molecule has 1 aromatic heterocycles. The molecule has 1 heterocycles. The second-order valence-corrected chi connectivity index (χ2v) is 4.42. The minimum Gasteiger partial charge on any atom is -0.495 e. The number of nitrogens with zero attached hydrogens (tertiary/aromatic N) is 1. The van der Waals surface area contributed by atoms with Gasteiger partial charge in [0.25, 0.3) is 0 Å². The lowest BCUT2D eigenvalue weighted by Crippen LogP contribution is -2.03. The Morgan fingerprint density at radius 1 is 1.17 bits per heavy atom. The number of methoxy groups -OCH3 is 1. The van der Waals surface area contributed by atoms with Crippen LogP contribution in [0.3, 0.4) is 0 Å². The highest BCUT2D eigenvalue weighted by Crippen LogP contribution is 2.27. The van der Waals surface area contributed by atoms with Crippen molar-refractivity contribution in [2.45, 2.75) is 20.0 Å². The van der Waals surface area contributed by atoms with Crippen molar-refractivity contribution in [3.05, 3.63) is 58.9 Å². The Kier molecular flexibility index (Phi) is 3.63. The maximum atomic E-state index is 10.4. The van der Waals surface area contributed by atoms with Crippen LogP contribution in [0.4, 0.5) is 0 Å². The maximum Gasteiger partial charge on any atom is 0.137 e. The van der Waals surface area contributed by atoms with Gasteiger partial charge in [-0.25, -0.2) is 0 Å². The number of pyridine rings is 1. The van der Waals surface area contributed by atoms with Crippen molar-refractivity contribution in [2.24, 2.45) is 0 Å². The monoisotopic (exact) mass is 243 g/mol. The fraction of sp³-hybridized carbons (Fsp3) is 0.267. The predicted molar refractivity (Wildman–Crippen MR) is 70.8 cm³/mol. The van der Waals surface area contributed by atoms with Gasteiger partial charge in [-0.05, 0) is 31.0 Å². The van der Waals surface area contributed by atoms with E-state index in [4.69, 9.17) is 4.74 Å². The van der Waals surface area contributed by atoms with E-state index in [9.17, 15) is 5.11 Å². The van der Waals surface area contributed by atoms with E-state index in [1.165, 1.54) is 0 Å². The van der Waals surface area contributed by atoms with Crippen LogP contribution in [0.15, 0.2) is 36.7 Å². The minimum absolute atomic E-state index is 0.650. The van der Waals surface area contributed by atoms with Crippen LogP contribution in [0.25, 0.3) is 0 Å². The lowest BCUT2D eigenvalue weighted by atomic mass is 9.97. The Hall–Kier alpha value is -1.87. The summed E-state index contributed by atoms with van der Waals surface area (Å²) in [6.07, 6.45) is 2.61. The van der Waals surface area contributed by atoms with Gasteiger partial charge in [0.1, 0.15) is 11.9 Å². The highest BCUT2D eigenvalue weighted by atomic mass is 16.5. The standard InChI is InChI=1S/C15H17NO2/c1-10-4-5-11(2)14(6-10)15(17)12-7-13(18-3)9-16-8-12/h4-9,15,17H,1-3H3. The third-order valence-corrected chi connectivity index (χ3v) is 3.02. The number of rotatable bonds is 3. The van der Waals surface area contributed by atoms with Gasteiger partial charge in [-0.3, -0.25) is 4.98 Å². The zero-order chi connectivity index (χ0) is 13.1. The molecule has 1 atom stereocenters. The molecule has 0 saturated heterocycles. The van der Waals surface area contributed by atoms with E-state index in [0.717, 1.165) is 22.3 Å². The lowest BCUT2D eigenvalue weighted by molar-refractivity contribution is 0.218. The minimum atomic E-state index is -0.674. The van der Waals surface area contributed by atoms with Crippen LogP contribution < -0.4 is 4.74 Å². The number of aliphatic hydroxyl groups is 1. The van der Waals surface area contributed by atoms with E-state index >= 15 is 0 Å². The van der Waals surface area contributed by atoms with Crippen LogP contribution in [0, 0.1) is 13.8 Å². The molecule has 1 unspecified atom stereocenters. The quantitative estimate of drug-likeness (QED) is 0.901. The van der Waals surface area contributed by atoms with Crippen molar-refractivity contribution in [1.82, 2.24) is 4.98 Å². The number of hydrogen-bond donors (Lipinski definition) is 1. The van der Waals surface area contributed by atoms with Gasteiger partial charge in [0.15, 0.2) is 0 Å². The Bertz CT molecular complexity index is 552. The van der Waals surface area contributed by atoms with E-state index in [2.05, 4.69) is 4.98 Å². The van der Waals surface area contributed by atoms with Gasteiger partial charge in [0.2, 0.25) is 0 Å². The van der Waals surface area contributed by atoms with Gasteiger partial charge in [-0.2, -0.15) is 0 Å². The molecule has 3 heteroatoms. The topological polar surface area (TPSA) is 42.4 Å². The second-order valence-electron chi connectivity index (χ2n) is 4.42. The fourth-order valence-corrected chi connectivity index (χ4v) is 1.93. The summed E-state index contributed by atoms with van der Waals surface area (Å²) in [4.78, 5) is 4.07. The van der Waals surface area contributed by atoms with E-state index in [0.29, 0.717) is 5.75 Å². The number of aryl methyl sites for hydroxylation is 2. The van der Waals surface area contributed by atoms with E-state index in [1.54, 1.807) is 25.6 Å².